The van der Waals surface area contributed by atoms with Crippen LogP contribution in [0, 0.1) is 0 Å². The maximum atomic E-state index is 13.1. The summed E-state index contributed by atoms with van der Waals surface area (Å²) in [4.78, 5) is 20.7. The predicted octanol–water partition coefficient (Wildman–Crippen LogP) is 5.48. The molecule has 6 nitrogen and oxygen atoms in total. The minimum absolute atomic E-state index is 0.200. The molecule has 5 rings (SSSR count). The van der Waals surface area contributed by atoms with E-state index in [-0.39, 0.29) is 11.8 Å². The number of carbonyl (C=O) groups excluding carboxylic acids is 1. The Kier molecular flexibility index (Phi) is 4.32. The van der Waals surface area contributed by atoms with E-state index in [0.717, 1.165) is 38.5 Å². The van der Waals surface area contributed by atoms with Crippen molar-refractivity contribution in [1.82, 2.24) is 20.2 Å². The molecule has 0 atom stereocenters. The number of nitrogens with zero attached hydrogens (tertiary/aromatic N) is 2. The van der Waals surface area contributed by atoms with E-state index in [1.165, 1.54) is 0 Å². The number of nitrogens with one attached hydrogen (secondary N) is 3. The van der Waals surface area contributed by atoms with Crippen LogP contribution in [-0.4, -0.2) is 26.1 Å². The fourth-order valence-electron chi connectivity index (χ4n) is 3.90. The molecule has 0 radical (unpaired) electrons. The lowest BCUT2D eigenvalue weighted by molar-refractivity contribution is 0.102. The third-order valence-electron chi connectivity index (χ3n) is 5.39. The second-order valence-electron chi connectivity index (χ2n) is 7.65. The van der Waals surface area contributed by atoms with E-state index in [9.17, 15) is 4.79 Å². The first-order chi connectivity index (χ1) is 14.6. The lowest BCUT2D eigenvalue weighted by atomic mass is 9.99. The number of hydrogen-bond acceptors (Lipinski definition) is 3. The molecule has 0 spiro atoms. The van der Waals surface area contributed by atoms with Crippen LogP contribution < -0.4 is 5.32 Å². The quantitative estimate of drug-likeness (QED) is 0.376. The maximum Gasteiger partial charge on any atom is 0.274 e. The molecule has 0 fully saturated rings. The Morgan fingerprint density at radius 2 is 1.93 bits per heavy atom. The molecule has 2 aromatic carbocycles. The van der Waals surface area contributed by atoms with Crippen molar-refractivity contribution in [2.45, 2.75) is 19.8 Å². The number of amides is 1. The van der Waals surface area contributed by atoms with Crippen LogP contribution in [0.1, 0.15) is 35.8 Å². The molecule has 5 aromatic rings. The Labute approximate surface area is 173 Å². The van der Waals surface area contributed by atoms with Crippen molar-refractivity contribution in [2.75, 3.05) is 5.32 Å². The van der Waals surface area contributed by atoms with Crippen LogP contribution in [0.25, 0.3) is 32.9 Å². The van der Waals surface area contributed by atoms with Gasteiger partial charge in [-0.1, -0.05) is 32.0 Å². The fourth-order valence-corrected chi connectivity index (χ4v) is 3.90. The van der Waals surface area contributed by atoms with E-state index in [1.807, 2.05) is 36.5 Å². The van der Waals surface area contributed by atoms with Crippen molar-refractivity contribution in [3.05, 3.63) is 78.4 Å². The van der Waals surface area contributed by atoms with Crippen molar-refractivity contribution >= 4 is 33.4 Å². The molecule has 0 saturated heterocycles. The number of aromatic amines is 2. The van der Waals surface area contributed by atoms with Crippen LogP contribution in [-0.2, 0) is 0 Å². The second-order valence-corrected chi connectivity index (χ2v) is 7.65. The third kappa shape index (κ3) is 3.03. The van der Waals surface area contributed by atoms with Gasteiger partial charge in [-0.25, -0.2) is 0 Å². The summed E-state index contributed by atoms with van der Waals surface area (Å²) < 4.78 is 0. The molecule has 0 unspecified atom stereocenters. The number of rotatable bonds is 4. The molecule has 3 heterocycles. The largest absolute Gasteiger partial charge is 0.361 e. The van der Waals surface area contributed by atoms with Crippen LogP contribution in [0.3, 0.4) is 0 Å². The molecule has 3 N–H and O–H groups in total. The molecular weight excluding hydrogens is 374 g/mol. The van der Waals surface area contributed by atoms with Crippen molar-refractivity contribution in [1.29, 1.82) is 0 Å². The number of H-pyrrole nitrogens is 2. The highest BCUT2D eigenvalue weighted by atomic mass is 16.1. The summed E-state index contributed by atoms with van der Waals surface area (Å²) in [7, 11) is 0. The lowest BCUT2D eigenvalue weighted by Gasteiger charge is -2.13. The maximum absolute atomic E-state index is 13.1. The first kappa shape index (κ1) is 18.1. The number of hydrogen-bond donors (Lipinski definition) is 3. The molecule has 0 aliphatic carbocycles. The number of carbonyl (C=O) groups is 1. The Morgan fingerprint density at radius 3 is 2.80 bits per heavy atom. The van der Waals surface area contributed by atoms with Gasteiger partial charge >= 0.3 is 0 Å². The van der Waals surface area contributed by atoms with Gasteiger partial charge in [0.05, 0.1) is 17.4 Å². The Balaban J connectivity index is 1.61. The minimum atomic E-state index is -0.223. The normalized spacial score (nSPS) is 11.4. The van der Waals surface area contributed by atoms with Crippen molar-refractivity contribution in [3.63, 3.8) is 0 Å². The van der Waals surface area contributed by atoms with E-state index in [0.29, 0.717) is 11.4 Å². The molecule has 0 aliphatic heterocycles. The first-order valence-corrected chi connectivity index (χ1v) is 9.91. The van der Waals surface area contributed by atoms with E-state index >= 15 is 0 Å². The number of aromatic nitrogens is 4. The van der Waals surface area contributed by atoms with Crippen molar-refractivity contribution < 1.29 is 4.79 Å². The molecule has 0 aliphatic rings. The van der Waals surface area contributed by atoms with Gasteiger partial charge in [-0.05, 0) is 52.9 Å². The van der Waals surface area contributed by atoms with Crippen molar-refractivity contribution in [3.8, 4) is 11.1 Å². The van der Waals surface area contributed by atoms with Gasteiger partial charge in [0.1, 0.15) is 5.69 Å². The van der Waals surface area contributed by atoms with E-state index in [1.54, 1.807) is 12.4 Å². The van der Waals surface area contributed by atoms with Crippen LogP contribution in [0.4, 0.5) is 5.69 Å². The molecule has 0 saturated carbocycles. The van der Waals surface area contributed by atoms with Gasteiger partial charge in [0.25, 0.3) is 5.91 Å². The van der Waals surface area contributed by atoms with E-state index < -0.39 is 0 Å². The Hall–Kier alpha value is -3.93. The summed E-state index contributed by atoms with van der Waals surface area (Å²) in [6, 6.07) is 16.1. The fraction of sp³-hybridized carbons (Fsp3) is 0.125. The number of fused-ring (bicyclic) bond motifs is 2. The summed E-state index contributed by atoms with van der Waals surface area (Å²) in [5.41, 5.74) is 6.08. The summed E-state index contributed by atoms with van der Waals surface area (Å²) in [5, 5.41) is 12.3. The Bertz CT molecular complexity index is 1380. The van der Waals surface area contributed by atoms with Gasteiger partial charge < -0.3 is 10.3 Å². The lowest BCUT2D eigenvalue weighted by Crippen LogP contribution is -2.16. The summed E-state index contributed by atoms with van der Waals surface area (Å²) in [5.74, 6) is -0.0234. The van der Waals surface area contributed by atoms with Gasteiger partial charge in [0, 0.05) is 28.7 Å². The van der Waals surface area contributed by atoms with Gasteiger partial charge in [-0.3, -0.25) is 14.9 Å². The monoisotopic (exact) mass is 395 g/mol. The predicted molar refractivity (Wildman–Crippen MR) is 120 cm³/mol. The Morgan fingerprint density at radius 1 is 1.03 bits per heavy atom. The molecule has 3 aromatic heterocycles. The molecular formula is C24H21N5O. The highest BCUT2D eigenvalue weighted by molar-refractivity contribution is 6.10. The smallest absolute Gasteiger partial charge is 0.274 e. The zero-order valence-corrected chi connectivity index (χ0v) is 16.7. The van der Waals surface area contributed by atoms with Gasteiger partial charge in [-0.2, -0.15) is 5.10 Å². The van der Waals surface area contributed by atoms with Crippen LogP contribution in [0.5, 0.6) is 0 Å². The average Bonchev–Trinajstić information content (AvgIpc) is 3.42. The minimum Gasteiger partial charge on any atom is -0.361 e. The molecule has 0 bridgehead atoms. The average molecular weight is 395 g/mol. The van der Waals surface area contributed by atoms with Crippen molar-refractivity contribution in [2.24, 2.45) is 0 Å². The van der Waals surface area contributed by atoms with Crippen LogP contribution in [0.2, 0.25) is 0 Å². The first-order valence-electron chi connectivity index (χ1n) is 9.91. The van der Waals surface area contributed by atoms with Gasteiger partial charge in [0.15, 0.2) is 0 Å². The van der Waals surface area contributed by atoms with E-state index in [2.05, 4.69) is 57.5 Å². The molecule has 1 amide bonds. The number of anilines is 1. The summed E-state index contributed by atoms with van der Waals surface area (Å²) in [6.45, 7) is 4.11. The SMILES string of the molecule is CC(C)c1cccnc1C(=O)Nc1cc(-c2cccc3[nH]ccc23)cc2[nH]ncc12. The third-order valence-corrected chi connectivity index (χ3v) is 5.39. The second kappa shape index (κ2) is 7.15. The van der Waals surface area contributed by atoms with Crippen LogP contribution in [0.15, 0.2) is 67.1 Å². The van der Waals surface area contributed by atoms with Crippen LogP contribution >= 0.6 is 0 Å². The molecule has 6 heteroatoms. The molecule has 30 heavy (non-hydrogen) atoms. The van der Waals surface area contributed by atoms with Gasteiger partial charge in [-0.15, -0.1) is 0 Å². The van der Waals surface area contributed by atoms with E-state index in [4.69, 9.17) is 0 Å². The number of benzene rings is 2. The summed E-state index contributed by atoms with van der Waals surface area (Å²) >= 11 is 0. The van der Waals surface area contributed by atoms with Gasteiger partial charge in [0.2, 0.25) is 0 Å². The standard InChI is InChI=1S/C24H21N5O/c1-14(2)16-6-4-9-26-23(16)24(30)28-21-11-15(12-22-19(21)13-27-29-22)17-5-3-7-20-18(17)8-10-25-20/h3-14,25H,1-2H3,(H,27,29)(H,28,30). The summed E-state index contributed by atoms with van der Waals surface area (Å²) in [6.07, 6.45) is 5.31. The topological polar surface area (TPSA) is 86.5 Å². The molecule has 148 valence electrons. The zero-order valence-electron chi connectivity index (χ0n) is 16.7. The highest BCUT2D eigenvalue weighted by Gasteiger charge is 2.17. The highest BCUT2D eigenvalue weighted by Crippen LogP contribution is 2.34. The number of pyridine rings is 1. The zero-order chi connectivity index (χ0) is 20.7.